The lowest BCUT2D eigenvalue weighted by Gasteiger charge is -2.20. The summed E-state index contributed by atoms with van der Waals surface area (Å²) in [6.45, 7) is 2.03. The lowest BCUT2D eigenvalue weighted by Crippen LogP contribution is -2.09. The minimum absolute atomic E-state index is 0.0638. The summed E-state index contributed by atoms with van der Waals surface area (Å²) in [5, 5.41) is 10.4. The Bertz CT molecular complexity index is 487. The van der Waals surface area contributed by atoms with Gasteiger partial charge in [0.15, 0.2) is 0 Å². The van der Waals surface area contributed by atoms with Gasteiger partial charge < -0.3 is 5.11 Å². The van der Waals surface area contributed by atoms with Gasteiger partial charge in [-0.2, -0.15) is 0 Å². The molecule has 2 rings (SSSR count). The average molecular weight is 339 g/mol. The second-order valence-corrected chi connectivity index (χ2v) is 5.20. The second kappa shape index (κ2) is 5.60. The van der Waals surface area contributed by atoms with Crippen LogP contribution in [0.2, 0.25) is 0 Å². The first-order chi connectivity index (χ1) is 8.20. The number of nitrogens with zero attached hydrogens (tertiary/aromatic N) is 1. The molecule has 17 heavy (non-hydrogen) atoms. The van der Waals surface area contributed by atoms with E-state index >= 15 is 0 Å². The van der Waals surface area contributed by atoms with E-state index in [2.05, 4.69) is 27.6 Å². The molecule has 0 aliphatic rings. The highest BCUT2D eigenvalue weighted by atomic mass is 127. The van der Waals surface area contributed by atoms with E-state index in [-0.39, 0.29) is 5.92 Å². The zero-order valence-corrected chi connectivity index (χ0v) is 11.7. The number of hydrogen-bond donors (Lipinski definition) is 1. The summed E-state index contributed by atoms with van der Waals surface area (Å²) in [7, 11) is 0. The maximum Gasteiger partial charge on any atom is 0.0866 e. The number of halogens is 1. The minimum Gasteiger partial charge on any atom is -0.388 e. The third-order valence-electron chi connectivity index (χ3n) is 2.93. The molecule has 1 heterocycles. The summed E-state index contributed by atoms with van der Waals surface area (Å²) in [6.07, 6.45) is 3.04. The van der Waals surface area contributed by atoms with Crippen molar-refractivity contribution >= 4 is 22.6 Å². The molecule has 3 heteroatoms. The Morgan fingerprint density at radius 3 is 2.41 bits per heavy atom. The predicted molar refractivity (Wildman–Crippen MR) is 76.8 cm³/mol. The van der Waals surface area contributed by atoms with Crippen molar-refractivity contribution in [1.82, 2.24) is 4.98 Å². The normalized spacial score (nSPS) is 14.3. The Morgan fingerprint density at radius 2 is 1.76 bits per heavy atom. The summed E-state index contributed by atoms with van der Waals surface area (Å²) in [5.41, 5.74) is 2.09. The van der Waals surface area contributed by atoms with E-state index in [1.165, 1.54) is 0 Å². The molecule has 0 aliphatic carbocycles. The second-order valence-electron chi connectivity index (χ2n) is 4.04. The van der Waals surface area contributed by atoms with E-state index in [9.17, 15) is 5.11 Å². The van der Waals surface area contributed by atoms with Gasteiger partial charge in [-0.25, -0.2) is 0 Å². The van der Waals surface area contributed by atoms with Crippen molar-refractivity contribution in [3.8, 4) is 0 Å². The van der Waals surface area contributed by atoms with Crippen molar-refractivity contribution in [2.45, 2.75) is 18.9 Å². The first kappa shape index (κ1) is 12.5. The summed E-state index contributed by atoms with van der Waals surface area (Å²) < 4.78 is 1.10. The fourth-order valence-electron chi connectivity index (χ4n) is 1.83. The number of aliphatic hydroxyl groups is 1. The molecule has 1 aromatic carbocycles. The largest absolute Gasteiger partial charge is 0.388 e. The molecule has 0 aliphatic heterocycles. The van der Waals surface area contributed by atoms with E-state index in [0.717, 1.165) is 14.7 Å². The highest BCUT2D eigenvalue weighted by Crippen LogP contribution is 2.32. The molecular formula is C14H14INO. The molecule has 0 amide bonds. The highest BCUT2D eigenvalue weighted by molar-refractivity contribution is 14.1. The molecule has 0 fully saturated rings. The molecule has 0 saturated heterocycles. The van der Waals surface area contributed by atoms with Crippen LogP contribution in [0.15, 0.2) is 48.8 Å². The first-order valence-electron chi connectivity index (χ1n) is 5.52. The fraction of sp³-hybridized carbons (Fsp3) is 0.214. The van der Waals surface area contributed by atoms with Gasteiger partial charge >= 0.3 is 0 Å². The van der Waals surface area contributed by atoms with E-state index in [1.54, 1.807) is 12.4 Å². The van der Waals surface area contributed by atoms with E-state index in [1.807, 2.05) is 43.3 Å². The first-order valence-corrected chi connectivity index (χ1v) is 6.60. The maximum absolute atomic E-state index is 10.4. The number of aliphatic hydroxyl groups excluding tert-OH is 1. The van der Waals surface area contributed by atoms with Gasteiger partial charge in [0.05, 0.1) is 6.10 Å². The average Bonchev–Trinajstić information content (AvgIpc) is 2.39. The van der Waals surface area contributed by atoms with Crippen LogP contribution >= 0.6 is 22.6 Å². The Morgan fingerprint density at radius 1 is 1.12 bits per heavy atom. The summed E-state index contributed by atoms with van der Waals surface area (Å²) in [5.74, 6) is 0.0638. The Labute approximate surface area is 115 Å². The van der Waals surface area contributed by atoms with Crippen LogP contribution in [0.4, 0.5) is 0 Å². The molecule has 2 unspecified atom stereocenters. The zero-order chi connectivity index (χ0) is 12.3. The third-order valence-corrected chi connectivity index (χ3v) is 3.91. The molecular weight excluding hydrogens is 325 g/mol. The zero-order valence-electron chi connectivity index (χ0n) is 9.55. The van der Waals surface area contributed by atoms with Gasteiger partial charge in [0.1, 0.15) is 0 Å². The Kier molecular flexibility index (Phi) is 4.12. The molecule has 0 radical (unpaired) electrons. The lowest BCUT2D eigenvalue weighted by molar-refractivity contribution is 0.151. The molecule has 0 spiro atoms. The van der Waals surface area contributed by atoms with Crippen LogP contribution < -0.4 is 0 Å². The number of rotatable bonds is 3. The summed E-state index contributed by atoms with van der Waals surface area (Å²) in [6, 6.07) is 11.8. The van der Waals surface area contributed by atoms with Crippen molar-refractivity contribution in [3.05, 3.63) is 63.5 Å². The maximum atomic E-state index is 10.4. The molecule has 2 atom stereocenters. The lowest BCUT2D eigenvalue weighted by atomic mass is 9.91. The van der Waals surface area contributed by atoms with Crippen molar-refractivity contribution in [2.24, 2.45) is 0 Å². The molecule has 0 saturated carbocycles. The number of benzene rings is 1. The van der Waals surface area contributed by atoms with Gasteiger partial charge in [-0.15, -0.1) is 0 Å². The summed E-state index contributed by atoms with van der Waals surface area (Å²) in [4.78, 5) is 3.99. The Hall–Kier alpha value is -0.940. The van der Waals surface area contributed by atoms with Crippen molar-refractivity contribution in [2.75, 3.05) is 0 Å². The molecule has 88 valence electrons. The SMILES string of the molecule is CC(c1ccncc1)C(O)c1ccccc1I. The Balaban J connectivity index is 2.27. The highest BCUT2D eigenvalue weighted by Gasteiger charge is 2.19. The molecule has 0 bridgehead atoms. The third kappa shape index (κ3) is 2.84. The van der Waals surface area contributed by atoms with Crippen LogP contribution in [0.5, 0.6) is 0 Å². The smallest absolute Gasteiger partial charge is 0.0866 e. The number of aromatic nitrogens is 1. The fourth-order valence-corrected chi connectivity index (χ4v) is 2.54. The van der Waals surface area contributed by atoms with Crippen LogP contribution in [-0.4, -0.2) is 10.1 Å². The summed E-state index contributed by atoms with van der Waals surface area (Å²) >= 11 is 2.26. The van der Waals surface area contributed by atoms with Crippen molar-refractivity contribution in [1.29, 1.82) is 0 Å². The number of hydrogen-bond acceptors (Lipinski definition) is 2. The van der Waals surface area contributed by atoms with Gasteiger partial charge in [0, 0.05) is 21.9 Å². The molecule has 2 aromatic rings. The van der Waals surface area contributed by atoms with E-state index < -0.39 is 6.10 Å². The molecule has 1 aromatic heterocycles. The van der Waals surface area contributed by atoms with Crippen LogP contribution in [0.3, 0.4) is 0 Å². The predicted octanol–water partition coefficient (Wildman–Crippen LogP) is 3.52. The standard InChI is InChI=1S/C14H14INO/c1-10(11-6-8-16-9-7-11)14(17)12-4-2-3-5-13(12)15/h2-10,14,17H,1H3. The van der Waals surface area contributed by atoms with Crippen LogP contribution in [-0.2, 0) is 0 Å². The van der Waals surface area contributed by atoms with Gasteiger partial charge in [0.2, 0.25) is 0 Å². The van der Waals surface area contributed by atoms with Crippen molar-refractivity contribution in [3.63, 3.8) is 0 Å². The topological polar surface area (TPSA) is 33.1 Å². The quantitative estimate of drug-likeness (QED) is 0.868. The van der Waals surface area contributed by atoms with Gasteiger partial charge in [0.25, 0.3) is 0 Å². The molecule has 2 nitrogen and oxygen atoms in total. The van der Waals surface area contributed by atoms with E-state index in [0.29, 0.717) is 0 Å². The minimum atomic E-state index is -0.481. The van der Waals surface area contributed by atoms with Crippen LogP contribution in [0, 0.1) is 3.57 Å². The van der Waals surface area contributed by atoms with E-state index in [4.69, 9.17) is 0 Å². The van der Waals surface area contributed by atoms with Gasteiger partial charge in [-0.1, -0.05) is 25.1 Å². The molecule has 1 N–H and O–H groups in total. The van der Waals surface area contributed by atoms with Gasteiger partial charge in [-0.3, -0.25) is 4.98 Å². The van der Waals surface area contributed by atoms with Crippen molar-refractivity contribution < 1.29 is 5.11 Å². The number of pyridine rings is 1. The van der Waals surface area contributed by atoms with Gasteiger partial charge in [-0.05, 0) is 51.9 Å². The monoisotopic (exact) mass is 339 g/mol. The van der Waals surface area contributed by atoms with Crippen LogP contribution in [0.25, 0.3) is 0 Å². The van der Waals surface area contributed by atoms with Crippen LogP contribution in [0.1, 0.15) is 30.1 Å².